The van der Waals surface area contributed by atoms with Gasteiger partial charge in [0.2, 0.25) is 0 Å². The van der Waals surface area contributed by atoms with Crippen LogP contribution in [0.2, 0.25) is 0 Å². The monoisotopic (exact) mass is 652 g/mol. The van der Waals surface area contributed by atoms with Crippen LogP contribution in [0.4, 0.5) is 17.1 Å². The molecule has 2 nitrogen and oxygen atoms in total. The second kappa shape index (κ2) is 11.3. The van der Waals surface area contributed by atoms with Crippen LogP contribution in [0.1, 0.15) is 25.0 Å². The number of hydrogen-bond donors (Lipinski definition) is 0. The van der Waals surface area contributed by atoms with E-state index in [9.17, 15) is 0 Å². The number of fused-ring (bicyclic) bond motifs is 7. The van der Waals surface area contributed by atoms with Crippen LogP contribution in [0.25, 0.3) is 60.5 Å². The molecule has 1 aliphatic rings. The molecule has 0 atom stereocenters. The Labute approximate surface area is 298 Å². The molecule has 0 aliphatic heterocycles. The van der Waals surface area contributed by atoms with Gasteiger partial charge in [-0.3, -0.25) is 0 Å². The van der Waals surface area contributed by atoms with Crippen molar-refractivity contribution in [2.45, 2.75) is 19.3 Å². The van der Waals surface area contributed by atoms with E-state index >= 15 is 0 Å². The van der Waals surface area contributed by atoms with Crippen LogP contribution >= 0.6 is 0 Å². The van der Waals surface area contributed by atoms with Gasteiger partial charge in [-0.05, 0) is 105 Å². The van der Waals surface area contributed by atoms with Gasteiger partial charge in [-0.15, -0.1) is 0 Å². The third-order valence-corrected chi connectivity index (χ3v) is 11.0. The Kier molecular flexibility index (Phi) is 6.56. The number of nitrogens with zero attached hydrogens (tertiary/aromatic N) is 2. The molecule has 9 aromatic rings. The smallest absolute Gasteiger partial charge is 0.0541 e. The molecule has 51 heavy (non-hydrogen) atoms. The molecule has 0 amide bonds. The highest BCUT2D eigenvalue weighted by molar-refractivity contribution is 6.09. The van der Waals surface area contributed by atoms with E-state index in [0.29, 0.717) is 0 Å². The molecule has 0 saturated carbocycles. The first-order valence-corrected chi connectivity index (χ1v) is 17.8. The zero-order chi connectivity index (χ0) is 34.1. The van der Waals surface area contributed by atoms with E-state index in [1.54, 1.807) is 0 Å². The van der Waals surface area contributed by atoms with Crippen LogP contribution in [0.5, 0.6) is 0 Å². The summed E-state index contributed by atoms with van der Waals surface area (Å²) in [4.78, 5) is 2.40. The average molecular weight is 653 g/mol. The Hall–Kier alpha value is -6.38. The zero-order valence-corrected chi connectivity index (χ0v) is 28.7. The molecule has 2 heteroatoms. The van der Waals surface area contributed by atoms with Gasteiger partial charge in [-0.1, -0.05) is 135 Å². The summed E-state index contributed by atoms with van der Waals surface area (Å²) in [6.45, 7) is 4.70. The fourth-order valence-electron chi connectivity index (χ4n) is 8.40. The Balaban J connectivity index is 1.04. The lowest BCUT2D eigenvalue weighted by atomic mass is 9.82. The van der Waals surface area contributed by atoms with E-state index in [0.717, 1.165) is 22.7 Å². The SMILES string of the molecule is CC1(C)c2ccccc2-c2ccc(N(c3ccc(-c4ccc(-n5c6ccccc6c6ccccc65)cc4)cc3)c3ccc4ccccc4c3)cc21. The summed E-state index contributed by atoms with van der Waals surface area (Å²) in [6, 6.07) is 66.6. The molecular formula is C49H36N2. The number of aromatic nitrogens is 1. The fraction of sp³-hybridized carbons (Fsp3) is 0.0612. The third-order valence-electron chi connectivity index (χ3n) is 11.0. The number of rotatable bonds is 5. The van der Waals surface area contributed by atoms with Gasteiger partial charge in [-0.25, -0.2) is 0 Å². The lowest BCUT2D eigenvalue weighted by Gasteiger charge is -2.28. The lowest BCUT2D eigenvalue weighted by Crippen LogP contribution is -2.16. The summed E-state index contributed by atoms with van der Waals surface area (Å²) in [5.41, 5.74) is 14.8. The predicted octanol–water partition coefficient (Wildman–Crippen LogP) is 13.4. The number of anilines is 3. The summed E-state index contributed by atoms with van der Waals surface area (Å²) in [5.74, 6) is 0. The Morgan fingerprint density at radius 3 is 1.67 bits per heavy atom. The number of hydrogen-bond acceptors (Lipinski definition) is 1. The minimum Gasteiger partial charge on any atom is -0.310 e. The van der Waals surface area contributed by atoms with Gasteiger partial charge < -0.3 is 9.47 Å². The standard InChI is InChI=1S/C49H36N2/c1-49(2)45-16-8-5-13-41(45)42-30-29-40(32-46(42)49)50(39-28-23-33-11-3-4-12-36(33)31-39)37-24-19-34(20-25-37)35-21-26-38(27-22-35)51-47-17-9-6-14-43(47)44-15-7-10-18-48(44)51/h3-32H,1-2H3. The second-order valence-electron chi connectivity index (χ2n) is 14.2. The summed E-state index contributed by atoms with van der Waals surface area (Å²) in [5, 5.41) is 5.03. The van der Waals surface area contributed by atoms with E-state index in [2.05, 4.69) is 205 Å². The molecule has 10 rings (SSSR count). The quantitative estimate of drug-likeness (QED) is 0.180. The van der Waals surface area contributed by atoms with Gasteiger partial charge in [-0.2, -0.15) is 0 Å². The molecule has 8 aromatic carbocycles. The van der Waals surface area contributed by atoms with Crippen molar-refractivity contribution in [3.63, 3.8) is 0 Å². The minimum absolute atomic E-state index is 0.0771. The summed E-state index contributed by atoms with van der Waals surface area (Å²) >= 11 is 0. The summed E-state index contributed by atoms with van der Waals surface area (Å²) in [7, 11) is 0. The molecule has 1 aromatic heterocycles. The summed E-state index contributed by atoms with van der Waals surface area (Å²) < 4.78 is 2.37. The van der Waals surface area contributed by atoms with Crippen LogP contribution in [0.3, 0.4) is 0 Å². The highest BCUT2D eigenvalue weighted by Crippen LogP contribution is 2.50. The van der Waals surface area contributed by atoms with E-state index in [-0.39, 0.29) is 5.41 Å². The second-order valence-corrected chi connectivity index (χ2v) is 14.2. The molecule has 0 unspecified atom stereocenters. The molecule has 0 N–H and O–H groups in total. The molecular weight excluding hydrogens is 617 g/mol. The maximum Gasteiger partial charge on any atom is 0.0541 e. The van der Waals surface area contributed by atoms with Crippen molar-refractivity contribution >= 4 is 49.6 Å². The van der Waals surface area contributed by atoms with Gasteiger partial charge in [0.1, 0.15) is 0 Å². The molecule has 242 valence electrons. The largest absolute Gasteiger partial charge is 0.310 e. The average Bonchev–Trinajstić information content (AvgIpc) is 3.64. The highest BCUT2D eigenvalue weighted by Gasteiger charge is 2.35. The van der Waals surface area contributed by atoms with E-state index < -0.39 is 0 Å². The lowest BCUT2D eigenvalue weighted by molar-refractivity contribution is 0.660. The van der Waals surface area contributed by atoms with Crippen molar-refractivity contribution in [2.24, 2.45) is 0 Å². The molecule has 1 heterocycles. The zero-order valence-electron chi connectivity index (χ0n) is 28.7. The van der Waals surface area contributed by atoms with Crippen molar-refractivity contribution in [3.05, 3.63) is 193 Å². The number of para-hydroxylation sites is 2. The Morgan fingerprint density at radius 2 is 0.941 bits per heavy atom. The fourth-order valence-corrected chi connectivity index (χ4v) is 8.40. The predicted molar refractivity (Wildman–Crippen MR) is 216 cm³/mol. The molecule has 1 aliphatic carbocycles. The molecule has 0 saturated heterocycles. The highest BCUT2D eigenvalue weighted by atomic mass is 15.1. The minimum atomic E-state index is -0.0771. The van der Waals surface area contributed by atoms with Crippen LogP contribution in [-0.2, 0) is 5.41 Å². The first-order valence-electron chi connectivity index (χ1n) is 17.8. The molecule has 0 radical (unpaired) electrons. The summed E-state index contributed by atoms with van der Waals surface area (Å²) in [6.07, 6.45) is 0. The van der Waals surface area contributed by atoms with Gasteiger partial charge in [0.25, 0.3) is 0 Å². The van der Waals surface area contributed by atoms with Gasteiger partial charge in [0.15, 0.2) is 0 Å². The van der Waals surface area contributed by atoms with E-state index in [1.807, 2.05) is 0 Å². The first-order chi connectivity index (χ1) is 25.0. The van der Waals surface area contributed by atoms with E-state index in [4.69, 9.17) is 0 Å². The number of benzene rings is 8. The van der Waals surface area contributed by atoms with Crippen molar-refractivity contribution in [3.8, 4) is 27.9 Å². The van der Waals surface area contributed by atoms with Crippen LogP contribution in [-0.4, -0.2) is 4.57 Å². The first kappa shape index (κ1) is 29.5. The maximum atomic E-state index is 2.41. The van der Waals surface area contributed by atoms with Crippen LogP contribution in [0.15, 0.2) is 182 Å². The van der Waals surface area contributed by atoms with Crippen molar-refractivity contribution in [2.75, 3.05) is 4.90 Å². The van der Waals surface area contributed by atoms with Crippen LogP contribution in [0, 0.1) is 0 Å². The third kappa shape index (κ3) is 4.64. The molecule has 0 spiro atoms. The van der Waals surface area contributed by atoms with Gasteiger partial charge in [0.05, 0.1) is 11.0 Å². The normalized spacial score (nSPS) is 13.1. The van der Waals surface area contributed by atoms with E-state index in [1.165, 1.54) is 66.0 Å². The van der Waals surface area contributed by atoms with Crippen molar-refractivity contribution in [1.82, 2.24) is 4.57 Å². The van der Waals surface area contributed by atoms with Crippen molar-refractivity contribution < 1.29 is 0 Å². The maximum absolute atomic E-state index is 2.41. The Bertz CT molecular complexity index is 2710. The van der Waals surface area contributed by atoms with Gasteiger partial charge in [0, 0.05) is 38.9 Å². The van der Waals surface area contributed by atoms with Crippen molar-refractivity contribution in [1.29, 1.82) is 0 Å². The topological polar surface area (TPSA) is 8.17 Å². The molecule has 0 bridgehead atoms. The van der Waals surface area contributed by atoms with Crippen LogP contribution < -0.4 is 4.90 Å². The molecule has 0 fully saturated rings. The van der Waals surface area contributed by atoms with Gasteiger partial charge >= 0.3 is 0 Å². The Morgan fingerprint density at radius 1 is 0.412 bits per heavy atom.